The molecule has 0 bridgehead atoms. The number of fused-ring (bicyclic) bond motifs is 1. The Morgan fingerprint density at radius 3 is 3.00 bits per heavy atom. The van der Waals surface area contributed by atoms with Crippen LogP contribution in [0.5, 0.6) is 0 Å². The van der Waals surface area contributed by atoms with Gasteiger partial charge in [-0.2, -0.15) is 0 Å². The van der Waals surface area contributed by atoms with E-state index in [0.29, 0.717) is 10.9 Å². The maximum Gasteiger partial charge on any atom is 0.162 e. The Kier molecular flexibility index (Phi) is 2.74. The highest BCUT2D eigenvalue weighted by molar-refractivity contribution is 7.97. The van der Waals surface area contributed by atoms with Gasteiger partial charge in [-0.3, -0.25) is 0 Å². The van der Waals surface area contributed by atoms with Gasteiger partial charge in [-0.1, -0.05) is 19.1 Å². The summed E-state index contributed by atoms with van der Waals surface area (Å²) < 4.78 is 0. The molecule has 1 aromatic carbocycles. The summed E-state index contributed by atoms with van der Waals surface area (Å²) in [7, 11) is 0.494. The molecule has 2 rings (SSSR count). The smallest absolute Gasteiger partial charge is 0.0613 e. The van der Waals surface area contributed by atoms with Crippen LogP contribution in [0.2, 0.25) is 0 Å². The molecular weight excluding hydrogens is 176 g/mol. The third-order valence-electron chi connectivity index (χ3n) is 2.28. The van der Waals surface area contributed by atoms with Gasteiger partial charge in [-0.05, 0) is 30.7 Å². The lowest BCUT2D eigenvalue weighted by atomic mass is 10.2. The van der Waals surface area contributed by atoms with Gasteiger partial charge in [0, 0.05) is 16.5 Å². The molecule has 1 aliphatic rings. The van der Waals surface area contributed by atoms with E-state index in [0.717, 1.165) is 0 Å². The number of rotatable bonds is 2. The van der Waals surface area contributed by atoms with E-state index in [9.17, 15) is 0 Å². The Balaban J connectivity index is 2.32. The molecule has 13 heavy (non-hydrogen) atoms. The van der Waals surface area contributed by atoms with E-state index in [1.807, 2.05) is 0 Å². The third-order valence-corrected chi connectivity index (χ3v) is 4.77. The standard InChI is InChI=1S/C12H15S/c1-2-9-13-10-5-7-11-6-3-4-8-12(11)13/h3-8H,2,9-10H2,1H3/q+1. The molecule has 1 heteroatoms. The van der Waals surface area contributed by atoms with E-state index in [4.69, 9.17) is 0 Å². The Hall–Kier alpha value is -0.690. The second kappa shape index (κ2) is 4.01. The van der Waals surface area contributed by atoms with Gasteiger partial charge in [0.15, 0.2) is 4.90 Å². The van der Waals surface area contributed by atoms with Crippen molar-refractivity contribution in [3.63, 3.8) is 0 Å². The zero-order valence-electron chi connectivity index (χ0n) is 7.99. The molecule has 0 saturated heterocycles. The number of benzene rings is 1. The first-order chi connectivity index (χ1) is 6.42. The summed E-state index contributed by atoms with van der Waals surface area (Å²) in [5.74, 6) is 2.60. The number of hydrogen-bond donors (Lipinski definition) is 0. The van der Waals surface area contributed by atoms with Gasteiger partial charge in [0.25, 0.3) is 0 Å². The lowest BCUT2D eigenvalue weighted by Crippen LogP contribution is -2.14. The zero-order valence-corrected chi connectivity index (χ0v) is 8.81. The minimum absolute atomic E-state index is 0.494. The lowest BCUT2D eigenvalue weighted by Gasteiger charge is -2.11. The van der Waals surface area contributed by atoms with Crippen molar-refractivity contribution in [3.05, 3.63) is 35.9 Å². The van der Waals surface area contributed by atoms with Crippen LogP contribution in [0.15, 0.2) is 35.2 Å². The molecule has 0 radical (unpaired) electrons. The average molecular weight is 191 g/mol. The second-order valence-corrected chi connectivity index (χ2v) is 5.47. The molecule has 0 nitrogen and oxygen atoms in total. The minimum Gasteiger partial charge on any atom is -0.0613 e. The van der Waals surface area contributed by atoms with Crippen LogP contribution in [0.3, 0.4) is 0 Å². The first kappa shape index (κ1) is 8.89. The van der Waals surface area contributed by atoms with Crippen molar-refractivity contribution in [2.75, 3.05) is 11.5 Å². The van der Waals surface area contributed by atoms with Crippen molar-refractivity contribution in [1.82, 2.24) is 0 Å². The molecule has 68 valence electrons. The fraction of sp³-hybridized carbons (Fsp3) is 0.333. The van der Waals surface area contributed by atoms with Crippen molar-refractivity contribution in [2.24, 2.45) is 0 Å². The maximum absolute atomic E-state index is 2.32. The molecule has 0 aromatic heterocycles. The van der Waals surface area contributed by atoms with Crippen LogP contribution >= 0.6 is 0 Å². The topological polar surface area (TPSA) is 0 Å². The van der Waals surface area contributed by atoms with Crippen LogP contribution in [0.25, 0.3) is 6.08 Å². The van der Waals surface area contributed by atoms with E-state index in [2.05, 4.69) is 43.3 Å². The van der Waals surface area contributed by atoms with Gasteiger partial charge < -0.3 is 0 Å². The second-order valence-electron chi connectivity index (χ2n) is 3.30. The van der Waals surface area contributed by atoms with Gasteiger partial charge in [-0.25, -0.2) is 0 Å². The summed E-state index contributed by atoms with van der Waals surface area (Å²) in [5, 5.41) is 0. The Morgan fingerprint density at radius 2 is 2.15 bits per heavy atom. The van der Waals surface area contributed by atoms with Crippen molar-refractivity contribution >= 4 is 17.0 Å². The molecule has 0 amide bonds. The van der Waals surface area contributed by atoms with E-state index < -0.39 is 0 Å². The van der Waals surface area contributed by atoms with Gasteiger partial charge >= 0.3 is 0 Å². The Bertz CT molecular complexity index is 315. The molecule has 0 fully saturated rings. The fourth-order valence-corrected chi connectivity index (χ4v) is 3.83. The Morgan fingerprint density at radius 1 is 1.31 bits per heavy atom. The highest BCUT2D eigenvalue weighted by atomic mass is 32.2. The summed E-state index contributed by atoms with van der Waals surface area (Å²) in [6, 6.07) is 8.80. The zero-order chi connectivity index (χ0) is 9.10. The van der Waals surface area contributed by atoms with Crippen molar-refractivity contribution in [2.45, 2.75) is 18.2 Å². The van der Waals surface area contributed by atoms with E-state index >= 15 is 0 Å². The maximum atomic E-state index is 2.32. The quantitative estimate of drug-likeness (QED) is 0.630. The van der Waals surface area contributed by atoms with Crippen LogP contribution in [-0.4, -0.2) is 11.5 Å². The molecule has 1 unspecified atom stereocenters. The van der Waals surface area contributed by atoms with Crippen LogP contribution in [0, 0.1) is 0 Å². The lowest BCUT2D eigenvalue weighted by molar-refractivity contribution is 1.09. The van der Waals surface area contributed by atoms with Gasteiger partial charge in [0.2, 0.25) is 0 Å². The van der Waals surface area contributed by atoms with Crippen LogP contribution in [0.4, 0.5) is 0 Å². The normalized spacial score (nSPS) is 19.9. The monoisotopic (exact) mass is 191 g/mol. The summed E-state index contributed by atoms with van der Waals surface area (Å²) >= 11 is 0. The molecule has 0 aliphatic carbocycles. The summed E-state index contributed by atoms with van der Waals surface area (Å²) in [6.07, 6.45) is 5.88. The Labute approximate surface area is 83.0 Å². The SMILES string of the molecule is CCC[S+]1CC=Cc2ccccc21. The van der Waals surface area contributed by atoms with Crippen LogP contribution in [-0.2, 0) is 10.9 Å². The van der Waals surface area contributed by atoms with Crippen LogP contribution < -0.4 is 0 Å². The average Bonchev–Trinajstić information content (AvgIpc) is 2.19. The molecule has 0 spiro atoms. The van der Waals surface area contributed by atoms with Gasteiger partial charge in [0.05, 0.1) is 0 Å². The number of hydrogen-bond acceptors (Lipinski definition) is 0. The van der Waals surface area contributed by atoms with E-state index in [1.165, 1.54) is 23.5 Å². The van der Waals surface area contributed by atoms with E-state index in [1.54, 1.807) is 4.90 Å². The summed E-state index contributed by atoms with van der Waals surface area (Å²) in [4.78, 5) is 1.58. The molecule has 0 saturated carbocycles. The summed E-state index contributed by atoms with van der Waals surface area (Å²) in [5.41, 5.74) is 1.44. The summed E-state index contributed by atoms with van der Waals surface area (Å²) in [6.45, 7) is 2.27. The molecule has 1 aromatic rings. The van der Waals surface area contributed by atoms with Gasteiger partial charge in [0.1, 0.15) is 11.5 Å². The predicted octanol–water partition coefficient (Wildman–Crippen LogP) is 3.10. The fourth-order valence-electron chi connectivity index (χ4n) is 1.70. The molecule has 1 aliphatic heterocycles. The largest absolute Gasteiger partial charge is 0.162 e. The van der Waals surface area contributed by atoms with Gasteiger partial charge in [-0.15, -0.1) is 0 Å². The van der Waals surface area contributed by atoms with Crippen LogP contribution in [0.1, 0.15) is 18.9 Å². The highest BCUT2D eigenvalue weighted by Crippen LogP contribution is 2.25. The first-order valence-corrected chi connectivity index (χ1v) is 6.41. The molecule has 0 N–H and O–H groups in total. The first-order valence-electron chi connectivity index (χ1n) is 4.85. The molecule has 1 atom stereocenters. The molecule has 1 heterocycles. The predicted molar refractivity (Wildman–Crippen MR) is 61.1 cm³/mol. The van der Waals surface area contributed by atoms with Crippen molar-refractivity contribution in [3.8, 4) is 0 Å². The van der Waals surface area contributed by atoms with Crippen molar-refractivity contribution in [1.29, 1.82) is 0 Å². The van der Waals surface area contributed by atoms with E-state index in [-0.39, 0.29) is 0 Å². The third kappa shape index (κ3) is 1.80. The van der Waals surface area contributed by atoms with Crippen molar-refractivity contribution < 1.29 is 0 Å². The molecular formula is C12H15S+. The highest BCUT2D eigenvalue weighted by Gasteiger charge is 2.24. The minimum atomic E-state index is 0.494.